The van der Waals surface area contributed by atoms with Gasteiger partial charge in [0, 0.05) is 24.5 Å². The Kier molecular flexibility index (Phi) is 9.88. The second-order valence-electron chi connectivity index (χ2n) is 7.68. The summed E-state index contributed by atoms with van der Waals surface area (Å²) in [6.45, 7) is 9.05. The number of nitrogens with zero attached hydrogens (tertiary/aromatic N) is 1. The maximum Gasteiger partial charge on any atom is 0.245 e. The number of rotatable bonds is 9. The van der Waals surface area contributed by atoms with Crippen LogP contribution in [-0.2, 0) is 16.0 Å². The molecule has 1 aliphatic rings. The third-order valence-corrected chi connectivity index (χ3v) is 5.72. The SMILES string of the molecule is C=C(Cl)/C=C\C(=C/C)C1CCN(C(=O)[C@@H](CC)NC(=O)CCc2ccccc2)CC1. The summed E-state index contributed by atoms with van der Waals surface area (Å²) in [5, 5.41) is 3.44. The number of likely N-dealkylation sites (tertiary alicyclic amines) is 1. The van der Waals surface area contributed by atoms with E-state index in [1.165, 1.54) is 5.57 Å². The predicted molar refractivity (Wildman–Crippen MR) is 124 cm³/mol. The van der Waals surface area contributed by atoms with Crippen LogP contribution in [0.5, 0.6) is 0 Å². The number of hydrogen-bond acceptors (Lipinski definition) is 2. The lowest BCUT2D eigenvalue weighted by Crippen LogP contribution is -2.50. The number of hydrogen-bond donors (Lipinski definition) is 1. The van der Waals surface area contributed by atoms with Crippen LogP contribution in [0.2, 0.25) is 0 Å². The minimum atomic E-state index is -0.453. The first-order chi connectivity index (χ1) is 14.4. The number of halogens is 1. The van der Waals surface area contributed by atoms with Crippen molar-refractivity contribution in [2.75, 3.05) is 13.1 Å². The van der Waals surface area contributed by atoms with E-state index in [1.54, 1.807) is 0 Å². The Labute approximate surface area is 185 Å². The summed E-state index contributed by atoms with van der Waals surface area (Å²) >= 11 is 5.84. The number of allylic oxidation sites excluding steroid dienone is 5. The molecule has 1 atom stereocenters. The third-order valence-electron chi connectivity index (χ3n) is 5.59. The van der Waals surface area contributed by atoms with Crippen molar-refractivity contribution in [1.82, 2.24) is 10.2 Å². The van der Waals surface area contributed by atoms with E-state index in [4.69, 9.17) is 11.6 Å². The van der Waals surface area contributed by atoms with Crippen LogP contribution < -0.4 is 5.32 Å². The maximum atomic E-state index is 13.0. The molecule has 0 bridgehead atoms. The molecular weight excluding hydrogens is 396 g/mol. The molecule has 0 spiro atoms. The molecule has 0 aromatic heterocycles. The molecule has 4 nitrogen and oxygen atoms in total. The van der Waals surface area contributed by atoms with Crippen molar-refractivity contribution in [3.8, 4) is 0 Å². The van der Waals surface area contributed by atoms with Crippen molar-refractivity contribution in [1.29, 1.82) is 0 Å². The van der Waals surface area contributed by atoms with E-state index in [0.29, 0.717) is 43.3 Å². The highest BCUT2D eigenvalue weighted by molar-refractivity contribution is 6.30. The van der Waals surface area contributed by atoms with Gasteiger partial charge in [-0.1, -0.05) is 67.6 Å². The monoisotopic (exact) mass is 428 g/mol. The molecule has 0 aliphatic carbocycles. The van der Waals surface area contributed by atoms with E-state index in [1.807, 2.05) is 61.2 Å². The number of carbonyl (C=O) groups excluding carboxylic acids is 2. The summed E-state index contributed by atoms with van der Waals surface area (Å²) in [5.41, 5.74) is 2.35. The fourth-order valence-electron chi connectivity index (χ4n) is 3.82. The Balaban J connectivity index is 1.84. The molecular formula is C25H33ClN2O2. The highest BCUT2D eigenvalue weighted by Crippen LogP contribution is 2.26. The topological polar surface area (TPSA) is 49.4 Å². The molecule has 1 N–H and O–H groups in total. The number of carbonyl (C=O) groups is 2. The predicted octanol–water partition coefficient (Wildman–Crippen LogP) is 5.01. The van der Waals surface area contributed by atoms with E-state index < -0.39 is 6.04 Å². The van der Waals surface area contributed by atoms with Gasteiger partial charge in [0.15, 0.2) is 0 Å². The van der Waals surface area contributed by atoms with Crippen LogP contribution in [0.3, 0.4) is 0 Å². The van der Waals surface area contributed by atoms with Gasteiger partial charge in [-0.05, 0) is 55.7 Å². The van der Waals surface area contributed by atoms with E-state index in [0.717, 1.165) is 18.4 Å². The number of nitrogens with one attached hydrogen (secondary N) is 1. The number of aryl methyl sites for hydroxylation is 1. The molecule has 30 heavy (non-hydrogen) atoms. The highest BCUT2D eigenvalue weighted by Gasteiger charge is 2.28. The Morgan fingerprint density at radius 3 is 2.47 bits per heavy atom. The molecule has 0 radical (unpaired) electrons. The van der Waals surface area contributed by atoms with E-state index in [9.17, 15) is 9.59 Å². The first-order valence-electron chi connectivity index (χ1n) is 10.7. The summed E-state index contributed by atoms with van der Waals surface area (Å²) in [7, 11) is 0. The van der Waals surface area contributed by atoms with Crippen molar-refractivity contribution in [3.05, 3.63) is 71.3 Å². The van der Waals surface area contributed by atoms with Crippen molar-refractivity contribution in [3.63, 3.8) is 0 Å². The molecule has 1 aromatic carbocycles. The summed E-state index contributed by atoms with van der Waals surface area (Å²) < 4.78 is 0. The van der Waals surface area contributed by atoms with Crippen molar-refractivity contribution in [2.45, 2.75) is 52.0 Å². The average Bonchev–Trinajstić information content (AvgIpc) is 2.77. The van der Waals surface area contributed by atoms with Gasteiger partial charge in [0.2, 0.25) is 11.8 Å². The summed E-state index contributed by atoms with van der Waals surface area (Å²) in [4.78, 5) is 27.2. The minimum absolute atomic E-state index is 0.0238. The minimum Gasteiger partial charge on any atom is -0.344 e. The largest absolute Gasteiger partial charge is 0.344 e. The maximum absolute atomic E-state index is 13.0. The molecule has 162 valence electrons. The third kappa shape index (κ3) is 7.49. The van der Waals surface area contributed by atoms with Crippen LogP contribution >= 0.6 is 11.6 Å². The lowest BCUT2D eigenvalue weighted by Gasteiger charge is -2.34. The molecule has 0 saturated carbocycles. The van der Waals surface area contributed by atoms with Crippen molar-refractivity contribution < 1.29 is 9.59 Å². The van der Waals surface area contributed by atoms with Gasteiger partial charge in [0.1, 0.15) is 6.04 Å². The summed E-state index contributed by atoms with van der Waals surface area (Å²) in [5.74, 6) is 0.360. The molecule has 1 aromatic rings. The van der Waals surface area contributed by atoms with Gasteiger partial charge in [-0.15, -0.1) is 0 Å². The summed E-state index contributed by atoms with van der Waals surface area (Å²) in [6.07, 6.45) is 9.39. The van der Waals surface area contributed by atoms with Gasteiger partial charge >= 0.3 is 0 Å². The second kappa shape index (κ2) is 12.4. The van der Waals surface area contributed by atoms with Gasteiger partial charge in [-0.25, -0.2) is 0 Å². The lowest BCUT2D eigenvalue weighted by atomic mass is 9.88. The Bertz CT molecular complexity index is 778. The number of benzene rings is 1. The smallest absolute Gasteiger partial charge is 0.245 e. The highest BCUT2D eigenvalue weighted by atomic mass is 35.5. The molecule has 2 amide bonds. The normalized spacial score (nSPS) is 16.5. The number of amides is 2. The standard InChI is InChI=1S/C25H33ClN2O2/c1-4-21(13-11-19(3)26)22-15-17-28(18-16-22)25(30)23(5-2)27-24(29)14-12-20-9-7-6-8-10-20/h4,6-11,13,22-23H,3,5,12,14-18H2,1-2H3,(H,27,29)/b13-11-,21-4+/t23-/m1/s1. The number of piperidine rings is 1. The van der Waals surface area contributed by atoms with E-state index >= 15 is 0 Å². The Hall–Kier alpha value is -2.33. The van der Waals surface area contributed by atoms with Gasteiger partial charge in [0.05, 0.1) is 0 Å². The van der Waals surface area contributed by atoms with Crippen LogP contribution in [0.15, 0.2) is 65.7 Å². The zero-order valence-corrected chi connectivity index (χ0v) is 18.8. The molecule has 2 rings (SSSR count). The Morgan fingerprint density at radius 2 is 1.90 bits per heavy atom. The molecule has 1 fully saturated rings. The van der Waals surface area contributed by atoms with Crippen LogP contribution in [0.25, 0.3) is 0 Å². The molecule has 5 heteroatoms. The average molecular weight is 429 g/mol. The van der Waals surface area contributed by atoms with Crippen molar-refractivity contribution >= 4 is 23.4 Å². The van der Waals surface area contributed by atoms with Crippen molar-refractivity contribution in [2.24, 2.45) is 5.92 Å². The van der Waals surface area contributed by atoms with Crippen LogP contribution in [0.1, 0.15) is 45.1 Å². The van der Waals surface area contributed by atoms with E-state index in [2.05, 4.69) is 18.0 Å². The second-order valence-corrected chi connectivity index (χ2v) is 8.17. The zero-order valence-electron chi connectivity index (χ0n) is 18.1. The van der Waals surface area contributed by atoms with Gasteiger partial charge in [-0.3, -0.25) is 9.59 Å². The summed E-state index contributed by atoms with van der Waals surface area (Å²) in [6, 6.07) is 9.47. The fraction of sp³-hybridized carbons (Fsp3) is 0.440. The van der Waals surface area contributed by atoms with E-state index in [-0.39, 0.29) is 11.8 Å². The first-order valence-corrected chi connectivity index (χ1v) is 11.1. The first kappa shape index (κ1) is 23.9. The molecule has 1 saturated heterocycles. The zero-order chi connectivity index (χ0) is 21.9. The van der Waals surface area contributed by atoms with Crippen LogP contribution in [0.4, 0.5) is 0 Å². The van der Waals surface area contributed by atoms with Crippen LogP contribution in [0, 0.1) is 5.92 Å². The Morgan fingerprint density at radius 1 is 1.23 bits per heavy atom. The van der Waals surface area contributed by atoms with Crippen LogP contribution in [-0.4, -0.2) is 35.8 Å². The molecule has 0 unspecified atom stereocenters. The van der Waals surface area contributed by atoms with Gasteiger partial charge in [0.25, 0.3) is 0 Å². The molecule has 1 heterocycles. The van der Waals surface area contributed by atoms with Gasteiger partial charge < -0.3 is 10.2 Å². The molecule has 1 aliphatic heterocycles. The lowest BCUT2D eigenvalue weighted by molar-refractivity contribution is -0.137. The fourth-order valence-corrected chi connectivity index (χ4v) is 3.88. The quantitative estimate of drug-likeness (QED) is 0.562. The van der Waals surface area contributed by atoms with Gasteiger partial charge in [-0.2, -0.15) is 0 Å².